The largest absolute Gasteiger partial charge is 0.478 e. The topological polar surface area (TPSA) is 55.1 Å². The van der Waals surface area contributed by atoms with Gasteiger partial charge in [-0.25, -0.2) is 4.79 Å². The molecule has 0 aromatic carbocycles. The third kappa shape index (κ3) is 2.45. The molecule has 0 aliphatic rings. The lowest BCUT2D eigenvalue weighted by molar-refractivity contribution is -0.132. The van der Waals surface area contributed by atoms with Crippen molar-refractivity contribution in [3.8, 4) is 0 Å². The molecule has 0 spiro atoms. The fourth-order valence-corrected chi connectivity index (χ4v) is 1.55. The van der Waals surface area contributed by atoms with Crippen molar-refractivity contribution in [3.63, 3.8) is 0 Å². The van der Waals surface area contributed by atoms with Gasteiger partial charge in [0.2, 0.25) is 0 Å². The van der Waals surface area contributed by atoms with Crippen LogP contribution in [0.25, 0.3) is 6.08 Å². The number of carboxylic acid groups (broad SMARTS) is 1. The zero-order valence-electron chi connectivity index (χ0n) is 7.99. The Balaban J connectivity index is 3.06. The van der Waals surface area contributed by atoms with Crippen LogP contribution in [0.2, 0.25) is 0 Å². The maximum atomic E-state index is 10.7. The van der Waals surface area contributed by atoms with Crippen LogP contribution in [0.3, 0.4) is 0 Å². The molecule has 0 radical (unpaired) electrons. The van der Waals surface area contributed by atoms with Crippen molar-refractivity contribution in [3.05, 3.63) is 21.9 Å². The number of carboxylic acids is 1. The first-order valence-electron chi connectivity index (χ1n) is 4.18. The highest BCUT2D eigenvalue weighted by atomic mass is 79.9. The van der Waals surface area contributed by atoms with Crippen molar-refractivity contribution < 1.29 is 9.90 Å². The van der Waals surface area contributed by atoms with E-state index in [2.05, 4.69) is 21.0 Å². The van der Waals surface area contributed by atoms with Gasteiger partial charge in [-0.15, -0.1) is 0 Å². The molecule has 0 unspecified atom stereocenters. The van der Waals surface area contributed by atoms with Crippen LogP contribution in [0, 0.1) is 0 Å². The molecule has 0 aliphatic carbocycles. The highest BCUT2D eigenvalue weighted by Gasteiger charge is 2.06. The summed E-state index contributed by atoms with van der Waals surface area (Å²) in [7, 11) is 1.77. The van der Waals surface area contributed by atoms with Crippen molar-refractivity contribution >= 4 is 28.0 Å². The van der Waals surface area contributed by atoms with E-state index < -0.39 is 5.97 Å². The molecule has 0 aliphatic heterocycles. The monoisotopic (exact) mass is 258 g/mol. The summed E-state index contributed by atoms with van der Waals surface area (Å²) < 4.78 is 2.33. The molecule has 1 heterocycles. The van der Waals surface area contributed by atoms with Gasteiger partial charge in [0.15, 0.2) is 0 Å². The van der Waals surface area contributed by atoms with E-state index in [0.29, 0.717) is 16.6 Å². The fourth-order valence-electron chi connectivity index (χ4n) is 1.07. The maximum absolute atomic E-state index is 10.7. The number of halogens is 1. The number of hydrogen-bond donors (Lipinski definition) is 1. The smallest absolute Gasteiger partial charge is 0.331 e. The number of hydrogen-bond acceptors (Lipinski definition) is 2. The maximum Gasteiger partial charge on any atom is 0.331 e. The van der Waals surface area contributed by atoms with Crippen molar-refractivity contribution in [2.45, 2.75) is 13.3 Å². The molecule has 0 saturated carbocycles. The molecule has 1 aromatic heterocycles. The first-order valence-corrected chi connectivity index (χ1v) is 4.97. The molecular formula is C9H11BrN2O2. The third-order valence-electron chi connectivity index (χ3n) is 1.86. The summed E-state index contributed by atoms with van der Waals surface area (Å²) in [6.45, 7) is 1.81. The normalized spacial score (nSPS) is 11.8. The van der Waals surface area contributed by atoms with E-state index in [4.69, 9.17) is 5.11 Å². The fraction of sp³-hybridized carbons (Fsp3) is 0.333. The van der Waals surface area contributed by atoms with Crippen molar-refractivity contribution in [1.29, 1.82) is 0 Å². The standard InChI is InChI=1S/C9H11BrN2O2/c1-3-6(9(13)14)4-7-5-8(10)11-12(7)2/h4-5H,3H2,1-2H3,(H,13,14)/b6-4+. The summed E-state index contributed by atoms with van der Waals surface area (Å²) in [5.74, 6) is -0.884. The Bertz CT molecular complexity index is 382. The minimum absolute atomic E-state index is 0.375. The number of aryl methyl sites for hydroxylation is 1. The van der Waals surface area contributed by atoms with Gasteiger partial charge < -0.3 is 5.11 Å². The van der Waals surface area contributed by atoms with Crippen LogP contribution in [0.1, 0.15) is 19.0 Å². The summed E-state index contributed by atoms with van der Waals surface area (Å²) in [6.07, 6.45) is 2.12. The number of rotatable bonds is 3. The first kappa shape index (κ1) is 11.0. The zero-order valence-corrected chi connectivity index (χ0v) is 9.58. The van der Waals surface area contributed by atoms with Crippen LogP contribution in [-0.4, -0.2) is 20.9 Å². The SMILES string of the molecule is CC/C(=C\c1cc(Br)nn1C)C(=O)O. The Morgan fingerprint density at radius 3 is 2.79 bits per heavy atom. The lowest BCUT2D eigenvalue weighted by Crippen LogP contribution is -2.00. The number of aliphatic carboxylic acids is 1. The second-order valence-corrected chi connectivity index (χ2v) is 3.66. The summed E-state index contributed by atoms with van der Waals surface area (Å²) in [6, 6.07) is 1.78. The van der Waals surface area contributed by atoms with E-state index >= 15 is 0 Å². The Morgan fingerprint density at radius 2 is 2.43 bits per heavy atom. The second kappa shape index (κ2) is 4.41. The predicted octanol–water partition coefficient (Wildman–Crippen LogP) is 2.06. The number of aromatic nitrogens is 2. The zero-order chi connectivity index (χ0) is 10.7. The van der Waals surface area contributed by atoms with E-state index in [0.717, 1.165) is 5.69 Å². The lowest BCUT2D eigenvalue weighted by Gasteiger charge is -1.98. The Hall–Kier alpha value is -1.10. The second-order valence-electron chi connectivity index (χ2n) is 2.84. The van der Waals surface area contributed by atoms with Crippen molar-refractivity contribution in [1.82, 2.24) is 9.78 Å². The summed E-state index contributed by atoms with van der Waals surface area (Å²) in [4.78, 5) is 10.7. The van der Waals surface area contributed by atoms with Gasteiger partial charge in [0.25, 0.3) is 0 Å². The van der Waals surface area contributed by atoms with Gasteiger partial charge in [0, 0.05) is 12.6 Å². The van der Waals surface area contributed by atoms with E-state index in [1.807, 2.05) is 6.92 Å². The highest BCUT2D eigenvalue weighted by Crippen LogP contribution is 2.14. The minimum atomic E-state index is -0.884. The Kier molecular flexibility index (Phi) is 3.46. The van der Waals surface area contributed by atoms with Gasteiger partial charge in [-0.05, 0) is 34.5 Å². The van der Waals surface area contributed by atoms with Crippen LogP contribution in [0.15, 0.2) is 16.2 Å². The molecule has 0 amide bonds. The van der Waals surface area contributed by atoms with Crippen LogP contribution in [-0.2, 0) is 11.8 Å². The molecule has 14 heavy (non-hydrogen) atoms. The summed E-state index contributed by atoms with van der Waals surface area (Å²) in [5, 5.41) is 12.9. The molecule has 1 aromatic rings. The minimum Gasteiger partial charge on any atom is -0.478 e. The van der Waals surface area contributed by atoms with Gasteiger partial charge in [0.05, 0.1) is 5.69 Å². The van der Waals surface area contributed by atoms with Crippen LogP contribution in [0.5, 0.6) is 0 Å². The Labute approximate surface area is 90.4 Å². The average Bonchev–Trinajstić information content (AvgIpc) is 2.40. The predicted molar refractivity (Wildman–Crippen MR) is 56.8 cm³/mol. The lowest BCUT2D eigenvalue weighted by atomic mass is 10.2. The van der Waals surface area contributed by atoms with Crippen molar-refractivity contribution in [2.75, 3.05) is 0 Å². The molecule has 76 valence electrons. The van der Waals surface area contributed by atoms with E-state index in [9.17, 15) is 4.79 Å². The summed E-state index contributed by atoms with van der Waals surface area (Å²) in [5.41, 5.74) is 1.15. The third-order valence-corrected chi connectivity index (χ3v) is 2.25. The average molecular weight is 259 g/mol. The van der Waals surface area contributed by atoms with Crippen LogP contribution in [0.4, 0.5) is 0 Å². The van der Waals surface area contributed by atoms with Gasteiger partial charge in [0.1, 0.15) is 4.60 Å². The molecule has 0 atom stereocenters. The summed E-state index contributed by atoms with van der Waals surface area (Å²) >= 11 is 3.22. The van der Waals surface area contributed by atoms with Gasteiger partial charge in [-0.2, -0.15) is 5.10 Å². The van der Waals surface area contributed by atoms with Gasteiger partial charge in [-0.3, -0.25) is 4.68 Å². The molecule has 0 bridgehead atoms. The van der Waals surface area contributed by atoms with E-state index in [-0.39, 0.29) is 0 Å². The molecule has 5 heteroatoms. The first-order chi connectivity index (χ1) is 6.54. The van der Waals surface area contributed by atoms with Gasteiger partial charge >= 0.3 is 5.97 Å². The number of carbonyl (C=O) groups is 1. The molecular weight excluding hydrogens is 248 g/mol. The molecule has 0 fully saturated rings. The Morgan fingerprint density at radius 1 is 1.79 bits per heavy atom. The molecule has 1 N–H and O–H groups in total. The highest BCUT2D eigenvalue weighted by molar-refractivity contribution is 9.10. The molecule has 1 rings (SSSR count). The molecule has 4 nitrogen and oxygen atoms in total. The van der Waals surface area contributed by atoms with Crippen LogP contribution >= 0.6 is 15.9 Å². The van der Waals surface area contributed by atoms with Crippen LogP contribution < -0.4 is 0 Å². The van der Waals surface area contributed by atoms with E-state index in [1.165, 1.54) is 0 Å². The molecule has 0 saturated heterocycles. The van der Waals surface area contributed by atoms with Crippen molar-refractivity contribution in [2.24, 2.45) is 7.05 Å². The van der Waals surface area contributed by atoms with E-state index in [1.54, 1.807) is 23.9 Å². The van der Waals surface area contributed by atoms with Gasteiger partial charge in [-0.1, -0.05) is 6.92 Å². The number of nitrogens with zero attached hydrogens (tertiary/aromatic N) is 2. The quantitative estimate of drug-likeness (QED) is 0.845.